The number of rotatable bonds is 1. The summed E-state index contributed by atoms with van der Waals surface area (Å²) >= 11 is 0. The van der Waals surface area contributed by atoms with E-state index in [1.165, 1.54) is 24.1 Å². The van der Waals surface area contributed by atoms with Crippen molar-refractivity contribution in [2.24, 2.45) is 0 Å². The molecule has 1 aromatic rings. The predicted octanol–water partition coefficient (Wildman–Crippen LogP) is 2.70. The van der Waals surface area contributed by atoms with Gasteiger partial charge in [-0.2, -0.15) is 0 Å². The number of hydrogen-bond acceptors (Lipinski definition) is 2. The summed E-state index contributed by atoms with van der Waals surface area (Å²) in [6.07, 6.45) is 4.39. The Balaban J connectivity index is 0.000000980. The fourth-order valence-corrected chi connectivity index (χ4v) is 2.06. The monoisotopic (exact) mass is 248 g/mol. The zero-order valence-corrected chi connectivity index (χ0v) is 10.5. The lowest BCUT2D eigenvalue weighted by Gasteiger charge is -2.23. The number of nitrogens with one attached hydrogen (secondary N) is 1. The van der Waals surface area contributed by atoms with Crippen molar-refractivity contribution < 1.29 is 0 Å². The Labute approximate surface area is 104 Å². The van der Waals surface area contributed by atoms with E-state index in [0.29, 0.717) is 0 Å². The molecule has 1 fully saturated rings. The minimum atomic E-state index is 0. The van der Waals surface area contributed by atoms with Gasteiger partial charge in [0.05, 0.1) is 0 Å². The molecular weight excluding hydrogens is 231 g/mol. The highest BCUT2D eigenvalue weighted by atomic mass is 35.5. The topological polar surface area (TPSA) is 24.9 Å². The zero-order chi connectivity index (χ0) is 9.10. The molecule has 15 heavy (non-hydrogen) atoms. The molecule has 0 saturated carbocycles. The molecule has 2 heterocycles. The Hall–Kier alpha value is -0.310. The van der Waals surface area contributed by atoms with E-state index >= 15 is 0 Å². The van der Waals surface area contributed by atoms with E-state index in [4.69, 9.17) is 0 Å². The van der Waals surface area contributed by atoms with Crippen LogP contribution in [-0.4, -0.2) is 18.1 Å². The molecule has 0 atom stereocenters. The van der Waals surface area contributed by atoms with Crippen LogP contribution in [0.3, 0.4) is 0 Å². The van der Waals surface area contributed by atoms with E-state index in [-0.39, 0.29) is 24.8 Å². The second-order valence-corrected chi connectivity index (χ2v) is 3.70. The van der Waals surface area contributed by atoms with Crippen molar-refractivity contribution in [3.63, 3.8) is 0 Å². The minimum Gasteiger partial charge on any atom is -0.317 e. The first-order chi connectivity index (χ1) is 6.38. The summed E-state index contributed by atoms with van der Waals surface area (Å²) in [5.41, 5.74) is 2.65. The number of aryl methyl sites for hydroxylation is 1. The average molecular weight is 249 g/mol. The van der Waals surface area contributed by atoms with E-state index in [0.717, 1.165) is 19.0 Å². The average Bonchev–Trinajstić information content (AvgIpc) is 2.20. The molecule has 1 aromatic heterocycles. The number of aromatic nitrogens is 1. The maximum absolute atomic E-state index is 4.33. The molecule has 4 heteroatoms. The molecule has 1 aliphatic heterocycles. The van der Waals surface area contributed by atoms with E-state index in [1.807, 2.05) is 12.3 Å². The van der Waals surface area contributed by atoms with Gasteiger partial charge in [0.15, 0.2) is 0 Å². The lowest BCUT2D eigenvalue weighted by Crippen LogP contribution is -2.27. The van der Waals surface area contributed by atoms with Crippen LogP contribution in [-0.2, 0) is 0 Å². The van der Waals surface area contributed by atoms with Crippen molar-refractivity contribution >= 4 is 24.8 Å². The number of halogens is 2. The van der Waals surface area contributed by atoms with E-state index in [9.17, 15) is 0 Å². The van der Waals surface area contributed by atoms with Gasteiger partial charge in [0.2, 0.25) is 0 Å². The summed E-state index contributed by atoms with van der Waals surface area (Å²) in [6, 6.07) is 4.27. The highest BCUT2D eigenvalue weighted by Crippen LogP contribution is 2.26. The Morgan fingerprint density at radius 3 is 2.53 bits per heavy atom. The second kappa shape index (κ2) is 7.04. The summed E-state index contributed by atoms with van der Waals surface area (Å²) in [6.45, 7) is 4.41. The molecule has 1 N–H and O–H groups in total. The second-order valence-electron chi connectivity index (χ2n) is 3.70. The van der Waals surface area contributed by atoms with Crippen LogP contribution in [0.2, 0.25) is 0 Å². The standard InChI is InChI=1S/C11H16N2.2ClH/c1-9-11(3-2-6-13-9)10-4-7-12-8-5-10;;/h2-3,6,10,12H,4-5,7-8H2,1H3;2*1H. The molecule has 0 spiro atoms. The SMILES string of the molecule is Cc1ncccc1C1CCNCC1.Cl.Cl. The predicted molar refractivity (Wildman–Crippen MR) is 68.3 cm³/mol. The van der Waals surface area contributed by atoms with Crippen LogP contribution in [0.15, 0.2) is 18.3 Å². The van der Waals surface area contributed by atoms with Gasteiger partial charge in [0.1, 0.15) is 0 Å². The highest BCUT2D eigenvalue weighted by molar-refractivity contribution is 5.85. The highest BCUT2D eigenvalue weighted by Gasteiger charge is 2.16. The van der Waals surface area contributed by atoms with Gasteiger partial charge in [-0.25, -0.2) is 0 Å². The van der Waals surface area contributed by atoms with Gasteiger partial charge in [0, 0.05) is 11.9 Å². The van der Waals surface area contributed by atoms with Crippen LogP contribution in [0.4, 0.5) is 0 Å². The third-order valence-corrected chi connectivity index (χ3v) is 2.83. The first-order valence-electron chi connectivity index (χ1n) is 5.00. The Kier molecular flexibility index (Phi) is 6.90. The summed E-state index contributed by atoms with van der Waals surface area (Å²) in [5.74, 6) is 0.731. The van der Waals surface area contributed by atoms with Crippen molar-refractivity contribution in [2.75, 3.05) is 13.1 Å². The Bertz CT molecular complexity index is 286. The molecule has 86 valence electrons. The lowest BCUT2D eigenvalue weighted by molar-refractivity contribution is 0.458. The normalized spacial score (nSPS) is 16.3. The minimum absolute atomic E-state index is 0. The van der Waals surface area contributed by atoms with E-state index < -0.39 is 0 Å². The fourth-order valence-electron chi connectivity index (χ4n) is 2.06. The van der Waals surface area contributed by atoms with Crippen molar-refractivity contribution in [3.05, 3.63) is 29.6 Å². The van der Waals surface area contributed by atoms with Crippen LogP contribution in [0, 0.1) is 6.92 Å². The molecule has 2 nitrogen and oxygen atoms in total. The maximum atomic E-state index is 4.33. The smallest absolute Gasteiger partial charge is 0.0407 e. The summed E-state index contributed by atoms with van der Waals surface area (Å²) in [7, 11) is 0. The van der Waals surface area contributed by atoms with Crippen molar-refractivity contribution in [2.45, 2.75) is 25.7 Å². The van der Waals surface area contributed by atoms with Crippen molar-refractivity contribution in [1.29, 1.82) is 0 Å². The first kappa shape index (κ1) is 14.7. The quantitative estimate of drug-likeness (QED) is 0.827. The molecular formula is C11H18Cl2N2. The van der Waals surface area contributed by atoms with Crippen LogP contribution < -0.4 is 5.32 Å². The van der Waals surface area contributed by atoms with Gasteiger partial charge < -0.3 is 5.32 Å². The van der Waals surface area contributed by atoms with Gasteiger partial charge in [-0.3, -0.25) is 4.98 Å². The van der Waals surface area contributed by atoms with Gasteiger partial charge >= 0.3 is 0 Å². The molecule has 0 amide bonds. The summed E-state index contributed by atoms with van der Waals surface area (Å²) in [5, 5.41) is 3.38. The molecule has 1 aliphatic rings. The van der Waals surface area contributed by atoms with Crippen LogP contribution in [0.5, 0.6) is 0 Å². The number of piperidine rings is 1. The fraction of sp³-hybridized carbons (Fsp3) is 0.545. The van der Waals surface area contributed by atoms with E-state index in [1.54, 1.807) is 0 Å². The number of pyridine rings is 1. The third kappa shape index (κ3) is 3.63. The Morgan fingerprint density at radius 2 is 1.93 bits per heavy atom. The van der Waals surface area contributed by atoms with Gasteiger partial charge in [-0.15, -0.1) is 24.8 Å². The zero-order valence-electron chi connectivity index (χ0n) is 8.90. The first-order valence-corrected chi connectivity index (χ1v) is 5.00. The molecule has 0 radical (unpaired) electrons. The van der Waals surface area contributed by atoms with Crippen LogP contribution in [0.1, 0.15) is 30.0 Å². The maximum Gasteiger partial charge on any atom is 0.0407 e. The van der Waals surface area contributed by atoms with Crippen molar-refractivity contribution in [3.8, 4) is 0 Å². The lowest BCUT2D eigenvalue weighted by atomic mass is 9.89. The van der Waals surface area contributed by atoms with Crippen LogP contribution >= 0.6 is 24.8 Å². The number of hydrogen-bond donors (Lipinski definition) is 1. The van der Waals surface area contributed by atoms with Gasteiger partial charge in [-0.05, 0) is 50.4 Å². The molecule has 0 aromatic carbocycles. The molecule has 1 saturated heterocycles. The summed E-state index contributed by atoms with van der Waals surface area (Å²) in [4.78, 5) is 4.33. The van der Waals surface area contributed by atoms with Gasteiger partial charge in [-0.1, -0.05) is 6.07 Å². The largest absolute Gasteiger partial charge is 0.317 e. The van der Waals surface area contributed by atoms with Crippen molar-refractivity contribution in [1.82, 2.24) is 10.3 Å². The van der Waals surface area contributed by atoms with Crippen LogP contribution in [0.25, 0.3) is 0 Å². The number of nitrogens with zero attached hydrogens (tertiary/aromatic N) is 1. The summed E-state index contributed by atoms with van der Waals surface area (Å²) < 4.78 is 0. The molecule has 0 unspecified atom stereocenters. The molecule has 0 aliphatic carbocycles. The molecule has 0 bridgehead atoms. The third-order valence-electron chi connectivity index (χ3n) is 2.83. The van der Waals surface area contributed by atoms with Gasteiger partial charge in [0.25, 0.3) is 0 Å². The Morgan fingerprint density at radius 1 is 1.27 bits per heavy atom. The van der Waals surface area contributed by atoms with E-state index in [2.05, 4.69) is 23.3 Å². The molecule has 2 rings (SSSR count).